The van der Waals surface area contributed by atoms with Crippen LogP contribution in [0.5, 0.6) is 0 Å². The van der Waals surface area contributed by atoms with Crippen molar-refractivity contribution in [3.05, 3.63) is 21.9 Å². The van der Waals surface area contributed by atoms with E-state index in [9.17, 15) is 4.79 Å². The number of likely N-dealkylation sites (N-methyl/N-ethyl adjacent to an activating group) is 1. The summed E-state index contributed by atoms with van der Waals surface area (Å²) < 4.78 is 5.45. The molecule has 1 saturated heterocycles. The Morgan fingerprint density at radius 1 is 1.53 bits per heavy atom. The smallest absolute Gasteiger partial charge is 0.230 e. The van der Waals surface area contributed by atoms with Gasteiger partial charge in [-0.05, 0) is 37.4 Å². The fourth-order valence-electron chi connectivity index (χ4n) is 3.11. The molecule has 2 aliphatic rings. The molecule has 0 aliphatic carbocycles. The first kappa shape index (κ1) is 13.1. The van der Waals surface area contributed by atoms with E-state index in [-0.39, 0.29) is 23.9 Å². The normalized spacial score (nSPS) is 30.4. The lowest BCUT2D eigenvalue weighted by molar-refractivity contribution is -0.138. The Balaban J connectivity index is 1.78. The second kappa shape index (κ2) is 5.23. The second-order valence-electron chi connectivity index (χ2n) is 5.30. The minimum Gasteiger partial charge on any atom is -0.379 e. The lowest BCUT2D eigenvalue weighted by Crippen LogP contribution is -2.47. The number of thiophene rings is 1. The molecule has 104 valence electrons. The van der Waals surface area contributed by atoms with Gasteiger partial charge in [0.25, 0.3) is 0 Å². The lowest BCUT2D eigenvalue weighted by atomic mass is 9.96. The van der Waals surface area contributed by atoms with Crippen molar-refractivity contribution in [3.63, 3.8) is 0 Å². The summed E-state index contributed by atoms with van der Waals surface area (Å²) in [6, 6.07) is 2.51. The molecule has 1 N–H and O–H groups in total. The number of fused-ring (bicyclic) bond motifs is 1. The van der Waals surface area contributed by atoms with Crippen LogP contribution < -0.4 is 5.32 Å². The van der Waals surface area contributed by atoms with Gasteiger partial charge in [0, 0.05) is 17.5 Å². The molecule has 3 unspecified atom stereocenters. The van der Waals surface area contributed by atoms with Crippen LogP contribution in [0, 0.1) is 5.92 Å². The number of amides is 1. The number of hydrogen-bond acceptors (Lipinski definition) is 4. The number of carbonyl (C=O) groups excluding carboxylic acids is 1. The quantitative estimate of drug-likeness (QED) is 0.891. The Morgan fingerprint density at radius 2 is 2.37 bits per heavy atom. The van der Waals surface area contributed by atoms with Gasteiger partial charge in [-0.1, -0.05) is 0 Å². The Labute approximate surface area is 117 Å². The molecular formula is C14H20N2O2S. The van der Waals surface area contributed by atoms with Crippen LogP contribution in [-0.2, 0) is 16.0 Å². The zero-order valence-corrected chi connectivity index (χ0v) is 12.2. The largest absolute Gasteiger partial charge is 0.379 e. The molecule has 0 bridgehead atoms. The average molecular weight is 280 g/mol. The fourth-order valence-corrected chi connectivity index (χ4v) is 4.07. The molecule has 1 fully saturated rings. The predicted octanol–water partition coefficient (Wildman–Crippen LogP) is 1.43. The van der Waals surface area contributed by atoms with Crippen molar-refractivity contribution in [2.75, 3.05) is 26.8 Å². The molecule has 1 aromatic heterocycles. The number of carbonyl (C=O) groups is 1. The van der Waals surface area contributed by atoms with Crippen LogP contribution in [0.4, 0.5) is 0 Å². The minimum absolute atomic E-state index is 0.0346. The highest BCUT2D eigenvalue weighted by Crippen LogP contribution is 2.34. The molecule has 4 nitrogen and oxygen atoms in total. The van der Waals surface area contributed by atoms with Gasteiger partial charge in [0.15, 0.2) is 0 Å². The maximum atomic E-state index is 12.7. The summed E-state index contributed by atoms with van der Waals surface area (Å²) in [6.07, 6.45) is 0.987. The molecule has 1 amide bonds. The fraction of sp³-hybridized carbons (Fsp3) is 0.643. The summed E-state index contributed by atoms with van der Waals surface area (Å²) >= 11 is 1.81. The highest BCUT2D eigenvalue weighted by Gasteiger charge is 2.38. The van der Waals surface area contributed by atoms with Crippen LogP contribution in [0.3, 0.4) is 0 Å². The van der Waals surface area contributed by atoms with Crippen LogP contribution in [0.1, 0.15) is 23.4 Å². The molecule has 3 atom stereocenters. The van der Waals surface area contributed by atoms with Crippen LogP contribution in [-0.4, -0.2) is 43.7 Å². The molecule has 3 heterocycles. The van der Waals surface area contributed by atoms with Crippen LogP contribution in [0.15, 0.2) is 11.4 Å². The Bertz CT molecular complexity index is 474. The number of hydrogen-bond donors (Lipinski definition) is 1. The Morgan fingerprint density at radius 3 is 3.16 bits per heavy atom. The number of nitrogens with zero attached hydrogens (tertiary/aromatic N) is 1. The van der Waals surface area contributed by atoms with Crippen molar-refractivity contribution in [1.29, 1.82) is 0 Å². The van der Waals surface area contributed by atoms with Gasteiger partial charge >= 0.3 is 0 Å². The number of nitrogens with one attached hydrogen (secondary N) is 1. The average Bonchev–Trinajstić information content (AvgIpc) is 3.07. The third-order valence-electron chi connectivity index (χ3n) is 4.33. The van der Waals surface area contributed by atoms with Gasteiger partial charge in [0.1, 0.15) is 0 Å². The molecule has 1 aromatic rings. The summed E-state index contributed by atoms with van der Waals surface area (Å²) in [5, 5.41) is 5.32. The van der Waals surface area contributed by atoms with E-state index in [0.717, 1.165) is 13.0 Å². The summed E-state index contributed by atoms with van der Waals surface area (Å²) in [4.78, 5) is 16.2. The van der Waals surface area contributed by atoms with Gasteiger partial charge < -0.3 is 15.0 Å². The first-order chi connectivity index (χ1) is 9.22. The second-order valence-corrected chi connectivity index (χ2v) is 6.30. The van der Waals surface area contributed by atoms with Crippen LogP contribution in [0.2, 0.25) is 0 Å². The molecule has 19 heavy (non-hydrogen) atoms. The SMILES string of the molecule is CNC1COCC1C(=O)N1CCc2sccc2C1C. The van der Waals surface area contributed by atoms with Crippen molar-refractivity contribution >= 4 is 17.2 Å². The lowest BCUT2D eigenvalue weighted by Gasteiger charge is -2.36. The summed E-state index contributed by atoms with van der Waals surface area (Å²) in [5.41, 5.74) is 1.32. The monoisotopic (exact) mass is 280 g/mol. The Kier molecular flexibility index (Phi) is 3.60. The molecule has 0 radical (unpaired) electrons. The first-order valence-electron chi connectivity index (χ1n) is 6.84. The molecule has 3 rings (SSSR count). The van der Waals surface area contributed by atoms with Crippen molar-refractivity contribution in [3.8, 4) is 0 Å². The molecule has 0 saturated carbocycles. The van der Waals surface area contributed by atoms with E-state index in [1.165, 1.54) is 10.4 Å². The Hall–Kier alpha value is -0.910. The van der Waals surface area contributed by atoms with E-state index in [1.807, 2.05) is 11.9 Å². The summed E-state index contributed by atoms with van der Waals surface area (Å²) in [5.74, 6) is 0.203. The molecule has 2 aliphatic heterocycles. The van der Waals surface area contributed by atoms with E-state index in [2.05, 4.69) is 23.7 Å². The van der Waals surface area contributed by atoms with E-state index < -0.39 is 0 Å². The highest BCUT2D eigenvalue weighted by molar-refractivity contribution is 7.10. The zero-order chi connectivity index (χ0) is 13.4. The van der Waals surface area contributed by atoms with Gasteiger partial charge in [0.05, 0.1) is 25.2 Å². The van der Waals surface area contributed by atoms with Gasteiger partial charge in [-0.2, -0.15) is 0 Å². The standard InChI is InChI=1S/C14H20N2O2S/c1-9-10-4-6-19-13(10)3-5-16(9)14(17)11-7-18-8-12(11)15-2/h4,6,9,11-12,15H,3,5,7-8H2,1-2H3. The van der Waals surface area contributed by atoms with E-state index >= 15 is 0 Å². The van der Waals surface area contributed by atoms with E-state index in [1.54, 1.807) is 11.3 Å². The van der Waals surface area contributed by atoms with Gasteiger partial charge in [-0.25, -0.2) is 0 Å². The summed E-state index contributed by atoms with van der Waals surface area (Å²) in [6.45, 7) is 4.15. The van der Waals surface area contributed by atoms with E-state index in [4.69, 9.17) is 4.74 Å². The predicted molar refractivity (Wildman–Crippen MR) is 75.3 cm³/mol. The third kappa shape index (κ3) is 2.20. The molecule has 0 aromatic carbocycles. The maximum absolute atomic E-state index is 12.7. The van der Waals surface area contributed by atoms with Crippen molar-refractivity contribution in [2.24, 2.45) is 5.92 Å². The number of ether oxygens (including phenoxy) is 1. The van der Waals surface area contributed by atoms with Crippen molar-refractivity contribution in [1.82, 2.24) is 10.2 Å². The van der Waals surface area contributed by atoms with Crippen LogP contribution in [0.25, 0.3) is 0 Å². The molecule has 0 spiro atoms. The minimum atomic E-state index is -0.0346. The van der Waals surface area contributed by atoms with Gasteiger partial charge in [0.2, 0.25) is 5.91 Å². The van der Waals surface area contributed by atoms with Crippen molar-refractivity contribution < 1.29 is 9.53 Å². The van der Waals surface area contributed by atoms with Crippen LogP contribution >= 0.6 is 11.3 Å². The van der Waals surface area contributed by atoms with E-state index in [0.29, 0.717) is 13.2 Å². The topological polar surface area (TPSA) is 41.6 Å². The summed E-state index contributed by atoms with van der Waals surface area (Å²) in [7, 11) is 1.90. The van der Waals surface area contributed by atoms with Crippen molar-refractivity contribution in [2.45, 2.75) is 25.4 Å². The third-order valence-corrected chi connectivity index (χ3v) is 5.33. The zero-order valence-electron chi connectivity index (χ0n) is 11.4. The number of rotatable bonds is 2. The first-order valence-corrected chi connectivity index (χ1v) is 7.72. The maximum Gasteiger partial charge on any atom is 0.230 e. The van der Waals surface area contributed by atoms with Gasteiger partial charge in [-0.3, -0.25) is 4.79 Å². The molecule has 5 heteroatoms. The van der Waals surface area contributed by atoms with Gasteiger partial charge in [-0.15, -0.1) is 11.3 Å². The highest BCUT2D eigenvalue weighted by atomic mass is 32.1. The molecular weight excluding hydrogens is 260 g/mol.